The lowest BCUT2D eigenvalue weighted by Crippen LogP contribution is -2.42. The molecule has 0 bridgehead atoms. The number of nitrogens with one attached hydrogen (secondary N) is 2. The summed E-state index contributed by atoms with van der Waals surface area (Å²) in [6.07, 6.45) is 1.41. The van der Waals surface area contributed by atoms with E-state index in [2.05, 4.69) is 10.6 Å². The fraction of sp³-hybridized carbons (Fsp3) is 0.900. The summed E-state index contributed by atoms with van der Waals surface area (Å²) in [5, 5.41) is 14.8. The lowest BCUT2D eigenvalue weighted by atomic mass is 10.2. The molecule has 0 aliphatic heterocycles. The van der Waals surface area contributed by atoms with Crippen molar-refractivity contribution in [2.24, 2.45) is 0 Å². The first kappa shape index (κ1) is 13.4. The SMILES string of the molecule is CCNC(=O)C(C)NCCCC(C)O. The predicted octanol–water partition coefficient (Wildman–Crippen LogP) is 0.262. The van der Waals surface area contributed by atoms with Gasteiger partial charge in [0, 0.05) is 6.54 Å². The molecule has 0 saturated carbocycles. The van der Waals surface area contributed by atoms with E-state index >= 15 is 0 Å². The number of hydrogen-bond acceptors (Lipinski definition) is 3. The number of rotatable bonds is 7. The van der Waals surface area contributed by atoms with Crippen LogP contribution in [0, 0.1) is 0 Å². The van der Waals surface area contributed by atoms with Crippen molar-refractivity contribution in [3.63, 3.8) is 0 Å². The second kappa shape index (κ2) is 7.76. The average molecular weight is 202 g/mol. The molecule has 0 rings (SSSR count). The van der Waals surface area contributed by atoms with Gasteiger partial charge in [0.05, 0.1) is 12.1 Å². The minimum absolute atomic E-state index is 0.0320. The number of carbonyl (C=O) groups is 1. The van der Waals surface area contributed by atoms with Crippen LogP contribution in [0.1, 0.15) is 33.6 Å². The van der Waals surface area contributed by atoms with Crippen molar-refractivity contribution in [3.8, 4) is 0 Å². The Labute approximate surface area is 86.1 Å². The van der Waals surface area contributed by atoms with Crippen molar-refractivity contribution < 1.29 is 9.90 Å². The largest absolute Gasteiger partial charge is 0.393 e. The fourth-order valence-corrected chi connectivity index (χ4v) is 1.14. The molecular weight excluding hydrogens is 180 g/mol. The van der Waals surface area contributed by atoms with E-state index in [-0.39, 0.29) is 18.1 Å². The molecule has 0 saturated heterocycles. The zero-order chi connectivity index (χ0) is 11.0. The lowest BCUT2D eigenvalue weighted by molar-refractivity contribution is -0.122. The Kier molecular flexibility index (Phi) is 7.42. The smallest absolute Gasteiger partial charge is 0.236 e. The van der Waals surface area contributed by atoms with Crippen LogP contribution in [-0.2, 0) is 4.79 Å². The number of carbonyl (C=O) groups excluding carboxylic acids is 1. The van der Waals surface area contributed by atoms with Gasteiger partial charge in [-0.2, -0.15) is 0 Å². The second-order valence-corrected chi connectivity index (χ2v) is 3.56. The summed E-state index contributed by atoms with van der Waals surface area (Å²) in [6.45, 7) is 6.94. The summed E-state index contributed by atoms with van der Waals surface area (Å²) >= 11 is 0. The summed E-state index contributed by atoms with van der Waals surface area (Å²) in [5.74, 6) is 0.0320. The van der Waals surface area contributed by atoms with E-state index in [0.717, 1.165) is 19.4 Å². The Morgan fingerprint density at radius 2 is 2.07 bits per heavy atom. The van der Waals surface area contributed by atoms with Gasteiger partial charge in [0.25, 0.3) is 0 Å². The highest BCUT2D eigenvalue weighted by atomic mass is 16.3. The van der Waals surface area contributed by atoms with Crippen LogP contribution in [-0.4, -0.2) is 36.2 Å². The quantitative estimate of drug-likeness (QED) is 0.519. The van der Waals surface area contributed by atoms with Crippen LogP contribution >= 0.6 is 0 Å². The summed E-state index contributed by atoms with van der Waals surface area (Å²) in [6, 6.07) is -0.149. The van der Waals surface area contributed by atoms with Crippen molar-refractivity contribution in [2.45, 2.75) is 45.8 Å². The number of hydrogen-bond donors (Lipinski definition) is 3. The summed E-state index contributed by atoms with van der Waals surface area (Å²) in [4.78, 5) is 11.2. The third-order valence-corrected chi connectivity index (χ3v) is 1.99. The van der Waals surface area contributed by atoms with Crippen LogP contribution in [0.2, 0.25) is 0 Å². The standard InChI is InChI=1S/C10H22N2O2/c1-4-11-10(14)9(3)12-7-5-6-8(2)13/h8-9,12-13H,4-7H2,1-3H3,(H,11,14). The zero-order valence-electron chi connectivity index (χ0n) is 9.34. The van der Waals surface area contributed by atoms with E-state index in [0.29, 0.717) is 6.54 Å². The maximum absolute atomic E-state index is 11.2. The van der Waals surface area contributed by atoms with Gasteiger partial charge < -0.3 is 15.7 Å². The maximum atomic E-state index is 11.2. The van der Waals surface area contributed by atoms with Crippen molar-refractivity contribution in [1.82, 2.24) is 10.6 Å². The van der Waals surface area contributed by atoms with Crippen LogP contribution in [0.25, 0.3) is 0 Å². The number of aliphatic hydroxyl groups excluding tert-OH is 1. The molecule has 1 amide bonds. The van der Waals surface area contributed by atoms with Gasteiger partial charge in [0.1, 0.15) is 0 Å². The van der Waals surface area contributed by atoms with Crippen LogP contribution in [0.15, 0.2) is 0 Å². The van der Waals surface area contributed by atoms with Crippen LogP contribution in [0.3, 0.4) is 0 Å². The van der Waals surface area contributed by atoms with E-state index in [1.807, 2.05) is 13.8 Å². The predicted molar refractivity (Wildman–Crippen MR) is 57.1 cm³/mol. The van der Waals surface area contributed by atoms with E-state index < -0.39 is 0 Å². The normalized spacial score (nSPS) is 14.9. The van der Waals surface area contributed by atoms with Gasteiger partial charge in [0.15, 0.2) is 0 Å². The molecule has 0 spiro atoms. The molecule has 0 aliphatic carbocycles. The monoisotopic (exact) mass is 202 g/mol. The molecule has 2 unspecified atom stereocenters. The van der Waals surface area contributed by atoms with E-state index in [4.69, 9.17) is 5.11 Å². The Bertz CT molecular complexity index is 160. The third-order valence-electron chi connectivity index (χ3n) is 1.99. The summed E-state index contributed by atoms with van der Waals surface area (Å²) in [5.41, 5.74) is 0. The Morgan fingerprint density at radius 1 is 1.43 bits per heavy atom. The first-order valence-electron chi connectivity index (χ1n) is 5.27. The van der Waals surface area contributed by atoms with Crippen LogP contribution in [0.4, 0.5) is 0 Å². The summed E-state index contributed by atoms with van der Waals surface area (Å²) in [7, 11) is 0. The second-order valence-electron chi connectivity index (χ2n) is 3.56. The molecule has 0 radical (unpaired) electrons. The van der Waals surface area contributed by atoms with Gasteiger partial charge in [-0.1, -0.05) is 0 Å². The summed E-state index contributed by atoms with van der Waals surface area (Å²) < 4.78 is 0. The topological polar surface area (TPSA) is 61.4 Å². The van der Waals surface area contributed by atoms with Crippen molar-refractivity contribution in [1.29, 1.82) is 0 Å². The van der Waals surface area contributed by atoms with Gasteiger partial charge >= 0.3 is 0 Å². The molecular formula is C10H22N2O2. The Balaban J connectivity index is 3.43. The zero-order valence-corrected chi connectivity index (χ0v) is 9.34. The van der Waals surface area contributed by atoms with Crippen LogP contribution < -0.4 is 10.6 Å². The molecule has 3 N–H and O–H groups in total. The fourth-order valence-electron chi connectivity index (χ4n) is 1.14. The van der Waals surface area contributed by atoms with Gasteiger partial charge in [-0.25, -0.2) is 0 Å². The van der Waals surface area contributed by atoms with Gasteiger partial charge in [-0.05, 0) is 40.2 Å². The number of amides is 1. The Morgan fingerprint density at radius 3 is 2.57 bits per heavy atom. The van der Waals surface area contributed by atoms with Gasteiger partial charge in [-0.3, -0.25) is 4.79 Å². The first-order chi connectivity index (χ1) is 6.57. The van der Waals surface area contributed by atoms with Gasteiger partial charge in [-0.15, -0.1) is 0 Å². The molecule has 84 valence electrons. The first-order valence-corrected chi connectivity index (χ1v) is 5.27. The van der Waals surface area contributed by atoms with Crippen molar-refractivity contribution in [2.75, 3.05) is 13.1 Å². The van der Waals surface area contributed by atoms with Crippen molar-refractivity contribution >= 4 is 5.91 Å². The highest BCUT2D eigenvalue weighted by Gasteiger charge is 2.09. The third kappa shape index (κ3) is 6.86. The molecule has 2 atom stereocenters. The number of likely N-dealkylation sites (N-methyl/N-ethyl adjacent to an activating group) is 1. The highest BCUT2D eigenvalue weighted by Crippen LogP contribution is 1.94. The van der Waals surface area contributed by atoms with E-state index in [1.54, 1.807) is 6.92 Å². The van der Waals surface area contributed by atoms with E-state index in [1.165, 1.54) is 0 Å². The Hall–Kier alpha value is -0.610. The average Bonchev–Trinajstić information content (AvgIpc) is 2.12. The highest BCUT2D eigenvalue weighted by molar-refractivity contribution is 5.81. The van der Waals surface area contributed by atoms with E-state index in [9.17, 15) is 4.79 Å². The molecule has 4 nitrogen and oxygen atoms in total. The molecule has 0 aromatic carbocycles. The minimum Gasteiger partial charge on any atom is -0.393 e. The van der Waals surface area contributed by atoms with Crippen LogP contribution in [0.5, 0.6) is 0 Å². The maximum Gasteiger partial charge on any atom is 0.236 e. The molecule has 0 aromatic heterocycles. The minimum atomic E-state index is -0.253. The number of aliphatic hydroxyl groups is 1. The van der Waals surface area contributed by atoms with Gasteiger partial charge in [0.2, 0.25) is 5.91 Å². The molecule has 0 heterocycles. The molecule has 0 aliphatic rings. The van der Waals surface area contributed by atoms with Crippen molar-refractivity contribution in [3.05, 3.63) is 0 Å². The molecule has 4 heteroatoms. The molecule has 0 aromatic rings. The molecule has 14 heavy (non-hydrogen) atoms. The molecule has 0 fully saturated rings. The lowest BCUT2D eigenvalue weighted by Gasteiger charge is -2.13.